The Morgan fingerprint density at radius 3 is 2.24 bits per heavy atom. The van der Waals surface area contributed by atoms with E-state index in [0.717, 1.165) is 17.7 Å². The highest BCUT2D eigenvalue weighted by Crippen LogP contribution is 2.34. The highest BCUT2D eigenvalue weighted by atomic mass is 35.5. The fourth-order valence-electron chi connectivity index (χ4n) is 1.70. The molecule has 0 spiro atoms. The summed E-state index contributed by atoms with van der Waals surface area (Å²) in [6.07, 6.45) is -4.42. The molecule has 0 saturated heterocycles. The Hall–Kier alpha value is -1.10. The second-order valence-corrected chi connectivity index (χ2v) is 5.53. The SMILES string of the molecule is FC(F)(F)c1ccc(NCc2cc(Cl)ccc2Cl)c(Cl)c1. The van der Waals surface area contributed by atoms with Gasteiger partial charge in [0.1, 0.15) is 0 Å². The molecule has 112 valence electrons. The van der Waals surface area contributed by atoms with Crippen molar-refractivity contribution in [1.82, 2.24) is 0 Å². The fourth-order valence-corrected chi connectivity index (χ4v) is 2.33. The van der Waals surface area contributed by atoms with Gasteiger partial charge in [-0.25, -0.2) is 0 Å². The van der Waals surface area contributed by atoms with Crippen molar-refractivity contribution < 1.29 is 13.2 Å². The first kappa shape index (κ1) is 16.3. The molecule has 0 aliphatic heterocycles. The van der Waals surface area contributed by atoms with Crippen LogP contribution in [0.1, 0.15) is 11.1 Å². The van der Waals surface area contributed by atoms with Crippen molar-refractivity contribution in [3.05, 3.63) is 62.6 Å². The molecular formula is C14H9Cl3F3N. The van der Waals surface area contributed by atoms with Crippen LogP contribution in [0.4, 0.5) is 18.9 Å². The number of rotatable bonds is 3. The maximum atomic E-state index is 12.5. The van der Waals surface area contributed by atoms with Gasteiger partial charge in [-0.1, -0.05) is 34.8 Å². The Balaban J connectivity index is 2.15. The number of halogens is 6. The van der Waals surface area contributed by atoms with Crippen molar-refractivity contribution >= 4 is 40.5 Å². The van der Waals surface area contributed by atoms with Crippen molar-refractivity contribution in [3.8, 4) is 0 Å². The molecule has 0 unspecified atom stereocenters. The van der Waals surface area contributed by atoms with Gasteiger partial charge < -0.3 is 5.32 Å². The van der Waals surface area contributed by atoms with Gasteiger partial charge in [0.05, 0.1) is 16.3 Å². The Kier molecular flexibility index (Phi) is 4.91. The first-order chi connectivity index (χ1) is 9.77. The molecule has 0 fully saturated rings. The standard InChI is InChI=1S/C14H9Cl3F3N/c15-10-2-3-11(16)8(5-10)7-21-13-4-1-9(6-12(13)17)14(18,19)20/h1-6,21H,7H2. The summed E-state index contributed by atoms with van der Waals surface area (Å²) in [5, 5.41) is 3.95. The zero-order chi connectivity index (χ0) is 15.6. The highest BCUT2D eigenvalue weighted by Gasteiger charge is 2.30. The van der Waals surface area contributed by atoms with Crippen LogP contribution in [0.3, 0.4) is 0 Å². The van der Waals surface area contributed by atoms with Gasteiger partial charge in [-0.05, 0) is 42.0 Å². The Bertz CT molecular complexity index is 656. The number of hydrogen-bond donors (Lipinski definition) is 1. The lowest BCUT2D eigenvalue weighted by Crippen LogP contribution is -2.06. The van der Waals surface area contributed by atoms with E-state index in [1.165, 1.54) is 6.07 Å². The van der Waals surface area contributed by atoms with Gasteiger partial charge in [0, 0.05) is 16.6 Å². The molecule has 1 N–H and O–H groups in total. The van der Waals surface area contributed by atoms with E-state index in [0.29, 0.717) is 22.3 Å². The van der Waals surface area contributed by atoms with Crippen LogP contribution in [0, 0.1) is 0 Å². The highest BCUT2D eigenvalue weighted by molar-refractivity contribution is 6.34. The van der Waals surface area contributed by atoms with Crippen LogP contribution in [0.2, 0.25) is 15.1 Å². The molecule has 0 saturated carbocycles. The van der Waals surface area contributed by atoms with Crippen LogP contribution in [0.5, 0.6) is 0 Å². The zero-order valence-electron chi connectivity index (χ0n) is 10.4. The van der Waals surface area contributed by atoms with E-state index in [2.05, 4.69) is 5.32 Å². The molecule has 0 aliphatic carbocycles. The Morgan fingerprint density at radius 2 is 1.62 bits per heavy atom. The molecule has 7 heteroatoms. The van der Waals surface area contributed by atoms with Crippen molar-refractivity contribution in [1.29, 1.82) is 0 Å². The molecule has 2 rings (SSSR count). The number of anilines is 1. The lowest BCUT2D eigenvalue weighted by atomic mass is 10.2. The zero-order valence-corrected chi connectivity index (χ0v) is 12.7. The van der Waals surface area contributed by atoms with E-state index in [4.69, 9.17) is 34.8 Å². The number of hydrogen-bond acceptors (Lipinski definition) is 1. The summed E-state index contributed by atoms with van der Waals surface area (Å²) in [6, 6.07) is 8.10. The first-order valence-corrected chi connectivity index (χ1v) is 6.95. The van der Waals surface area contributed by atoms with Gasteiger partial charge >= 0.3 is 6.18 Å². The van der Waals surface area contributed by atoms with Crippen LogP contribution in [-0.2, 0) is 12.7 Å². The molecule has 0 heterocycles. The summed E-state index contributed by atoms with van der Waals surface area (Å²) in [5.74, 6) is 0. The normalized spacial score (nSPS) is 11.5. The smallest absolute Gasteiger partial charge is 0.380 e. The topological polar surface area (TPSA) is 12.0 Å². The van der Waals surface area contributed by atoms with Crippen molar-refractivity contribution in [2.24, 2.45) is 0 Å². The first-order valence-electron chi connectivity index (χ1n) is 5.82. The maximum Gasteiger partial charge on any atom is 0.416 e. The average Bonchev–Trinajstić information content (AvgIpc) is 2.40. The van der Waals surface area contributed by atoms with Gasteiger partial charge in [0.15, 0.2) is 0 Å². The maximum absolute atomic E-state index is 12.5. The number of benzene rings is 2. The monoisotopic (exact) mass is 353 g/mol. The third-order valence-electron chi connectivity index (χ3n) is 2.77. The quantitative estimate of drug-likeness (QED) is 0.684. The summed E-state index contributed by atoms with van der Waals surface area (Å²) in [5.41, 5.74) is 0.319. The fraction of sp³-hybridized carbons (Fsp3) is 0.143. The van der Waals surface area contributed by atoms with Gasteiger partial charge in [0.2, 0.25) is 0 Å². The third-order valence-corrected chi connectivity index (χ3v) is 3.69. The van der Waals surface area contributed by atoms with Crippen LogP contribution >= 0.6 is 34.8 Å². The Labute approximate surface area is 134 Å². The molecule has 0 atom stereocenters. The van der Waals surface area contributed by atoms with E-state index in [1.807, 2.05) is 0 Å². The molecule has 2 aromatic rings. The molecular weight excluding hydrogens is 346 g/mol. The molecule has 0 radical (unpaired) electrons. The summed E-state index contributed by atoms with van der Waals surface area (Å²) >= 11 is 17.7. The number of nitrogens with one attached hydrogen (secondary N) is 1. The second-order valence-electron chi connectivity index (χ2n) is 4.28. The Morgan fingerprint density at radius 1 is 0.905 bits per heavy atom. The average molecular weight is 355 g/mol. The summed E-state index contributed by atoms with van der Waals surface area (Å²) in [4.78, 5) is 0. The van der Waals surface area contributed by atoms with E-state index in [1.54, 1.807) is 18.2 Å². The largest absolute Gasteiger partial charge is 0.416 e. The van der Waals surface area contributed by atoms with Gasteiger partial charge in [-0.3, -0.25) is 0 Å². The predicted octanol–water partition coefficient (Wildman–Crippen LogP) is 6.28. The van der Waals surface area contributed by atoms with E-state index in [-0.39, 0.29) is 5.02 Å². The summed E-state index contributed by atoms with van der Waals surface area (Å²) < 4.78 is 37.6. The van der Waals surface area contributed by atoms with Gasteiger partial charge in [-0.2, -0.15) is 13.2 Å². The molecule has 0 aromatic heterocycles. The van der Waals surface area contributed by atoms with Gasteiger partial charge in [0.25, 0.3) is 0 Å². The van der Waals surface area contributed by atoms with Crippen molar-refractivity contribution in [3.63, 3.8) is 0 Å². The van der Waals surface area contributed by atoms with Crippen LogP contribution in [0.25, 0.3) is 0 Å². The predicted molar refractivity (Wildman–Crippen MR) is 80.2 cm³/mol. The minimum absolute atomic E-state index is 0.0111. The molecule has 0 bridgehead atoms. The molecule has 2 aromatic carbocycles. The van der Waals surface area contributed by atoms with E-state index >= 15 is 0 Å². The molecule has 0 amide bonds. The van der Waals surface area contributed by atoms with Gasteiger partial charge in [-0.15, -0.1) is 0 Å². The van der Waals surface area contributed by atoms with Crippen LogP contribution < -0.4 is 5.32 Å². The van der Waals surface area contributed by atoms with Crippen molar-refractivity contribution in [2.75, 3.05) is 5.32 Å². The second kappa shape index (κ2) is 6.34. The lowest BCUT2D eigenvalue weighted by molar-refractivity contribution is -0.137. The number of alkyl halides is 3. The molecule has 0 aliphatic rings. The van der Waals surface area contributed by atoms with Crippen molar-refractivity contribution in [2.45, 2.75) is 12.7 Å². The van der Waals surface area contributed by atoms with E-state index in [9.17, 15) is 13.2 Å². The summed E-state index contributed by atoms with van der Waals surface area (Å²) in [6.45, 7) is 0.296. The van der Waals surface area contributed by atoms with Crippen LogP contribution in [-0.4, -0.2) is 0 Å². The van der Waals surface area contributed by atoms with Crippen LogP contribution in [0.15, 0.2) is 36.4 Å². The summed E-state index contributed by atoms with van der Waals surface area (Å²) in [7, 11) is 0. The van der Waals surface area contributed by atoms with E-state index < -0.39 is 11.7 Å². The molecule has 21 heavy (non-hydrogen) atoms. The minimum atomic E-state index is -4.42. The lowest BCUT2D eigenvalue weighted by Gasteiger charge is -2.12. The third kappa shape index (κ3) is 4.19. The minimum Gasteiger partial charge on any atom is -0.380 e. The molecule has 1 nitrogen and oxygen atoms in total.